The Kier molecular flexibility index (Phi) is 5.01. The van der Waals surface area contributed by atoms with Gasteiger partial charge in [0, 0.05) is 36.5 Å². The first-order chi connectivity index (χ1) is 15.1. The molecule has 1 N–H and O–H groups in total. The van der Waals surface area contributed by atoms with E-state index in [1.807, 2.05) is 30.1 Å². The van der Waals surface area contributed by atoms with Gasteiger partial charge >= 0.3 is 11.8 Å². The van der Waals surface area contributed by atoms with Crippen LogP contribution in [0.4, 0.5) is 5.69 Å². The molecule has 9 nitrogen and oxygen atoms in total. The zero-order valence-corrected chi connectivity index (χ0v) is 17.3. The minimum atomic E-state index is -0.641. The number of nitrogens with one attached hydrogen (secondary N) is 1. The van der Waals surface area contributed by atoms with Crippen molar-refractivity contribution in [1.82, 2.24) is 24.8 Å². The highest BCUT2D eigenvalue weighted by Crippen LogP contribution is 2.39. The molecule has 0 unspecified atom stereocenters. The molecule has 2 amide bonds. The van der Waals surface area contributed by atoms with Crippen molar-refractivity contribution in [2.45, 2.75) is 44.6 Å². The highest BCUT2D eigenvalue weighted by Gasteiger charge is 2.30. The molecule has 5 rings (SSSR count). The minimum Gasteiger partial charge on any atom is -0.339 e. The second-order valence-corrected chi connectivity index (χ2v) is 8.29. The third-order valence-electron chi connectivity index (χ3n) is 5.80. The predicted molar refractivity (Wildman–Crippen MR) is 112 cm³/mol. The summed E-state index contributed by atoms with van der Waals surface area (Å²) in [5, 5.41) is 11.1. The van der Waals surface area contributed by atoms with E-state index in [9.17, 15) is 9.59 Å². The maximum absolute atomic E-state index is 12.6. The monoisotopic (exact) mass is 420 g/mol. The van der Waals surface area contributed by atoms with E-state index in [4.69, 9.17) is 4.52 Å². The number of hydrogen-bond acceptors (Lipinski definition) is 6. The van der Waals surface area contributed by atoms with Crippen LogP contribution in [0.3, 0.4) is 0 Å². The standard InChI is InChI=1S/C22H24N6O3/c1-14-12-23-28(13-14)18-7-9-27(10-8-18)22(30)20(29)24-17-4-2-3-16(11-17)19-25-21(31-26-19)15-5-6-15/h2-4,11-13,15,18H,5-10H2,1H3,(H,24,29). The predicted octanol–water partition coefficient (Wildman–Crippen LogP) is 2.92. The Bertz CT molecular complexity index is 1110. The maximum atomic E-state index is 12.6. The van der Waals surface area contributed by atoms with Crippen LogP contribution in [0.15, 0.2) is 41.2 Å². The van der Waals surface area contributed by atoms with Crippen molar-refractivity contribution >= 4 is 17.5 Å². The van der Waals surface area contributed by atoms with Crippen molar-refractivity contribution in [3.63, 3.8) is 0 Å². The molecule has 160 valence electrons. The van der Waals surface area contributed by atoms with Gasteiger partial charge in [-0.05, 0) is 50.3 Å². The number of piperidine rings is 1. The molecule has 1 saturated heterocycles. The number of aryl methyl sites for hydroxylation is 1. The van der Waals surface area contributed by atoms with Gasteiger partial charge < -0.3 is 14.7 Å². The number of nitrogens with zero attached hydrogens (tertiary/aromatic N) is 5. The van der Waals surface area contributed by atoms with Gasteiger partial charge in [-0.25, -0.2) is 0 Å². The number of benzene rings is 1. The van der Waals surface area contributed by atoms with Crippen molar-refractivity contribution in [2.24, 2.45) is 0 Å². The van der Waals surface area contributed by atoms with Gasteiger partial charge in [0.05, 0.1) is 12.2 Å². The third-order valence-corrected chi connectivity index (χ3v) is 5.80. The molecule has 9 heteroatoms. The summed E-state index contributed by atoms with van der Waals surface area (Å²) in [5.74, 6) is 0.366. The fourth-order valence-electron chi connectivity index (χ4n) is 3.88. The van der Waals surface area contributed by atoms with Crippen LogP contribution in [0.5, 0.6) is 0 Å². The van der Waals surface area contributed by atoms with Crippen molar-refractivity contribution in [3.8, 4) is 11.4 Å². The van der Waals surface area contributed by atoms with Crippen LogP contribution in [-0.2, 0) is 9.59 Å². The zero-order chi connectivity index (χ0) is 21.4. The highest BCUT2D eigenvalue weighted by molar-refractivity contribution is 6.39. The number of carbonyl (C=O) groups is 2. The van der Waals surface area contributed by atoms with E-state index in [1.165, 1.54) is 0 Å². The summed E-state index contributed by atoms with van der Waals surface area (Å²) < 4.78 is 7.26. The summed E-state index contributed by atoms with van der Waals surface area (Å²) in [6.45, 7) is 3.07. The second-order valence-electron chi connectivity index (χ2n) is 8.29. The molecule has 31 heavy (non-hydrogen) atoms. The first-order valence-corrected chi connectivity index (χ1v) is 10.6. The van der Waals surface area contributed by atoms with E-state index in [-0.39, 0.29) is 6.04 Å². The Hall–Kier alpha value is -3.49. The smallest absolute Gasteiger partial charge is 0.313 e. The molecular weight excluding hydrogens is 396 g/mol. The molecular formula is C22H24N6O3. The SMILES string of the molecule is Cc1cnn(C2CCN(C(=O)C(=O)Nc3cccc(-c4noc(C5CC5)n4)c3)CC2)c1. The van der Waals surface area contributed by atoms with Crippen LogP contribution in [0.2, 0.25) is 0 Å². The second kappa shape index (κ2) is 7.98. The Labute approximate surface area is 179 Å². The van der Waals surface area contributed by atoms with E-state index in [0.717, 1.165) is 36.8 Å². The number of amides is 2. The normalized spacial score (nSPS) is 17.0. The Balaban J connectivity index is 1.19. The lowest BCUT2D eigenvalue weighted by atomic mass is 10.1. The Morgan fingerprint density at radius 3 is 2.68 bits per heavy atom. The largest absolute Gasteiger partial charge is 0.339 e. The van der Waals surface area contributed by atoms with Crippen LogP contribution < -0.4 is 5.32 Å². The van der Waals surface area contributed by atoms with Gasteiger partial charge in [0.1, 0.15) is 0 Å². The fraction of sp³-hybridized carbons (Fsp3) is 0.409. The average molecular weight is 420 g/mol. The molecule has 2 aromatic heterocycles. The molecule has 2 aliphatic rings. The van der Waals surface area contributed by atoms with Gasteiger partial charge in [-0.15, -0.1) is 0 Å². The van der Waals surface area contributed by atoms with Gasteiger partial charge in [-0.2, -0.15) is 10.1 Å². The molecule has 3 heterocycles. The molecule has 3 aromatic rings. The summed E-state index contributed by atoms with van der Waals surface area (Å²) in [4.78, 5) is 31.2. The van der Waals surface area contributed by atoms with E-state index in [1.54, 1.807) is 23.1 Å². The summed E-state index contributed by atoms with van der Waals surface area (Å²) in [6, 6.07) is 7.39. The molecule has 1 aromatic carbocycles. The van der Waals surface area contributed by atoms with Crippen molar-refractivity contribution in [2.75, 3.05) is 18.4 Å². The first-order valence-electron chi connectivity index (χ1n) is 10.6. The van der Waals surface area contributed by atoms with Crippen LogP contribution in [0.1, 0.15) is 49.1 Å². The number of aromatic nitrogens is 4. The molecule has 1 aliphatic heterocycles. The molecule has 2 fully saturated rings. The lowest BCUT2D eigenvalue weighted by Crippen LogP contribution is -2.44. The molecule has 0 bridgehead atoms. The Morgan fingerprint density at radius 2 is 1.97 bits per heavy atom. The van der Waals surface area contributed by atoms with Crippen molar-refractivity contribution < 1.29 is 14.1 Å². The van der Waals surface area contributed by atoms with Gasteiger partial charge in [0.2, 0.25) is 11.7 Å². The van der Waals surface area contributed by atoms with Crippen LogP contribution in [0, 0.1) is 6.92 Å². The number of likely N-dealkylation sites (tertiary alicyclic amines) is 1. The van der Waals surface area contributed by atoms with Crippen molar-refractivity contribution in [3.05, 3.63) is 48.1 Å². The molecule has 0 atom stereocenters. The molecule has 1 aliphatic carbocycles. The number of carbonyl (C=O) groups excluding carboxylic acids is 2. The number of anilines is 1. The van der Waals surface area contributed by atoms with E-state index in [2.05, 4.69) is 20.6 Å². The summed E-state index contributed by atoms with van der Waals surface area (Å²) in [5.41, 5.74) is 2.37. The summed E-state index contributed by atoms with van der Waals surface area (Å²) >= 11 is 0. The first kappa shape index (κ1) is 19.5. The van der Waals surface area contributed by atoms with E-state index < -0.39 is 11.8 Å². The molecule has 1 saturated carbocycles. The fourth-order valence-corrected chi connectivity index (χ4v) is 3.88. The quantitative estimate of drug-likeness (QED) is 0.651. The zero-order valence-electron chi connectivity index (χ0n) is 17.3. The number of hydrogen-bond donors (Lipinski definition) is 1. The summed E-state index contributed by atoms with van der Waals surface area (Å²) in [7, 11) is 0. The topological polar surface area (TPSA) is 106 Å². The van der Waals surface area contributed by atoms with Gasteiger partial charge in [0.25, 0.3) is 0 Å². The van der Waals surface area contributed by atoms with Gasteiger partial charge in [-0.3, -0.25) is 14.3 Å². The van der Waals surface area contributed by atoms with Gasteiger partial charge in [0.15, 0.2) is 0 Å². The van der Waals surface area contributed by atoms with Crippen molar-refractivity contribution in [1.29, 1.82) is 0 Å². The molecule has 0 spiro atoms. The van der Waals surface area contributed by atoms with Crippen LogP contribution >= 0.6 is 0 Å². The average Bonchev–Trinajstić information content (AvgIpc) is 3.35. The summed E-state index contributed by atoms with van der Waals surface area (Å²) in [6.07, 6.45) is 7.56. The minimum absolute atomic E-state index is 0.257. The van der Waals surface area contributed by atoms with Gasteiger partial charge in [-0.1, -0.05) is 17.3 Å². The lowest BCUT2D eigenvalue weighted by molar-refractivity contribution is -0.144. The van der Waals surface area contributed by atoms with Crippen LogP contribution in [0.25, 0.3) is 11.4 Å². The van der Waals surface area contributed by atoms with Crippen LogP contribution in [-0.4, -0.2) is 49.7 Å². The maximum Gasteiger partial charge on any atom is 0.313 e. The third kappa shape index (κ3) is 4.21. The molecule has 0 radical (unpaired) electrons. The lowest BCUT2D eigenvalue weighted by Gasteiger charge is -2.31. The number of rotatable bonds is 4. The highest BCUT2D eigenvalue weighted by atomic mass is 16.5. The van der Waals surface area contributed by atoms with E-state index >= 15 is 0 Å². The Morgan fingerprint density at radius 1 is 1.16 bits per heavy atom. The van der Waals surface area contributed by atoms with E-state index in [0.29, 0.717) is 36.4 Å².